The van der Waals surface area contributed by atoms with Gasteiger partial charge in [0.25, 0.3) is 0 Å². The van der Waals surface area contributed by atoms with Crippen molar-refractivity contribution in [3.63, 3.8) is 0 Å². The first-order valence-electron chi connectivity index (χ1n) is 6.02. The molecule has 86 valence electrons. The van der Waals surface area contributed by atoms with Crippen molar-refractivity contribution in [3.05, 3.63) is 0 Å². The molecule has 0 heterocycles. The van der Waals surface area contributed by atoms with E-state index in [1.807, 2.05) is 0 Å². The van der Waals surface area contributed by atoms with Crippen LogP contribution in [0, 0.1) is 0 Å². The lowest BCUT2D eigenvalue weighted by Crippen LogP contribution is -2.41. The molecule has 3 heteroatoms. The third kappa shape index (κ3) is 5.13. The van der Waals surface area contributed by atoms with Gasteiger partial charge < -0.3 is 8.85 Å². The van der Waals surface area contributed by atoms with Gasteiger partial charge in [0, 0.05) is 13.2 Å². The molecule has 14 heavy (non-hydrogen) atoms. The van der Waals surface area contributed by atoms with Gasteiger partial charge in [0.2, 0.25) is 0 Å². The van der Waals surface area contributed by atoms with Crippen LogP contribution < -0.4 is 0 Å². The predicted octanol–water partition coefficient (Wildman–Crippen LogP) is 3.71. The van der Waals surface area contributed by atoms with Crippen molar-refractivity contribution >= 4 is 8.56 Å². The molecular formula is C11H26O2Si. The Morgan fingerprint density at radius 3 is 1.57 bits per heavy atom. The monoisotopic (exact) mass is 218 g/mol. The Morgan fingerprint density at radius 1 is 0.786 bits per heavy atom. The zero-order valence-corrected chi connectivity index (χ0v) is 11.3. The van der Waals surface area contributed by atoms with Crippen LogP contribution in [0.5, 0.6) is 0 Å². The summed E-state index contributed by atoms with van der Waals surface area (Å²) in [6, 6.07) is 2.23. The Balaban J connectivity index is 4.11. The van der Waals surface area contributed by atoms with E-state index in [0.717, 1.165) is 38.1 Å². The van der Waals surface area contributed by atoms with Gasteiger partial charge in [-0.2, -0.15) is 0 Å². The van der Waals surface area contributed by atoms with Crippen LogP contribution in [-0.2, 0) is 8.85 Å². The third-order valence-electron chi connectivity index (χ3n) is 2.31. The highest BCUT2D eigenvalue weighted by atomic mass is 28.4. The summed E-state index contributed by atoms with van der Waals surface area (Å²) in [7, 11) is -1.81. The second-order valence-electron chi connectivity index (χ2n) is 3.71. The van der Waals surface area contributed by atoms with Crippen LogP contribution in [-0.4, -0.2) is 21.8 Å². The van der Waals surface area contributed by atoms with Crippen molar-refractivity contribution in [1.29, 1.82) is 0 Å². The Kier molecular flexibility index (Phi) is 8.53. The van der Waals surface area contributed by atoms with Crippen LogP contribution in [0.25, 0.3) is 0 Å². The molecule has 0 atom stereocenters. The molecule has 0 bridgehead atoms. The Labute approximate surface area is 90.2 Å². The highest BCUT2D eigenvalue weighted by molar-refractivity contribution is 6.67. The molecule has 0 aliphatic heterocycles. The molecule has 0 aliphatic rings. The summed E-state index contributed by atoms with van der Waals surface area (Å²) in [5.74, 6) is 0. The summed E-state index contributed by atoms with van der Waals surface area (Å²) in [6.07, 6.45) is 3.36. The molecule has 2 nitrogen and oxygen atoms in total. The molecule has 0 aromatic heterocycles. The first-order valence-corrected chi connectivity index (χ1v) is 8.25. The smallest absolute Gasteiger partial charge is 0.337 e. The van der Waals surface area contributed by atoms with E-state index < -0.39 is 8.56 Å². The highest BCUT2D eigenvalue weighted by Gasteiger charge is 2.33. The van der Waals surface area contributed by atoms with Gasteiger partial charge in [0.1, 0.15) is 0 Å². The lowest BCUT2D eigenvalue weighted by molar-refractivity contribution is 0.168. The Morgan fingerprint density at radius 2 is 1.29 bits per heavy atom. The van der Waals surface area contributed by atoms with Gasteiger partial charge in [-0.15, -0.1) is 0 Å². The standard InChI is InChI=1S/C11H26O2Si/c1-5-9-12-14(8-4,11-7-3)13-10-6-2/h5-11H2,1-4H3. The third-order valence-corrected chi connectivity index (χ3v) is 6.11. The molecule has 0 aliphatic carbocycles. The average molecular weight is 218 g/mol. The zero-order chi connectivity index (χ0) is 10.9. The number of rotatable bonds is 9. The summed E-state index contributed by atoms with van der Waals surface area (Å²) in [5.41, 5.74) is 0. The molecule has 0 amide bonds. The van der Waals surface area contributed by atoms with Crippen molar-refractivity contribution in [2.45, 2.75) is 59.0 Å². The van der Waals surface area contributed by atoms with Crippen molar-refractivity contribution in [3.8, 4) is 0 Å². The van der Waals surface area contributed by atoms with Crippen LogP contribution in [0.1, 0.15) is 47.0 Å². The second kappa shape index (κ2) is 8.45. The Hall–Kier alpha value is 0.137. The molecule has 0 aromatic carbocycles. The lowest BCUT2D eigenvalue weighted by Gasteiger charge is -2.29. The molecule has 0 fully saturated rings. The van der Waals surface area contributed by atoms with E-state index in [1.165, 1.54) is 6.42 Å². The van der Waals surface area contributed by atoms with Crippen molar-refractivity contribution < 1.29 is 8.85 Å². The van der Waals surface area contributed by atoms with Crippen LogP contribution in [0.4, 0.5) is 0 Å². The summed E-state index contributed by atoms with van der Waals surface area (Å²) in [5, 5.41) is 0. The molecule has 0 aromatic rings. The van der Waals surface area contributed by atoms with E-state index >= 15 is 0 Å². The van der Waals surface area contributed by atoms with Crippen LogP contribution >= 0.6 is 0 Å². The van der Waals surface area contributed by atoms with Crippen LogP contribution in [0.3, 0.4) is 0 Å². The van der Waals surface area contributed by atoms with E-state index in [4.69, 9.17) is 8.85 Å². The predicted molar refractivity (Wildman–Crippen MR) is 63.8 cm³/mol. The maximum Gasteiger partial charge on any atom is 0.337 e. The largest absolute Gasteiger partial charge is 0.394 e. The summed E-state index contributed by atoms with van der Waals surface area (Å²) >= 11 is 0. The minimum Gasteiger partial charge on any atom is -0.394 e. The van der Waals surface area contributed by atoms with E-state index in [9.17, 15) is 0 Å². The fraction of sp³-hybridized carbons (Fsp3) is 1.00. The van der Waals surface area contributed by atoms with Crippen molar-refractivity contribution in [2.24, 2.45) is 0 Å². The first kappa shape index (κ1) is 14.1. The minimum atomic E-state index is -1.81. The molecule has 0 spiro atoms. The molecule has 0 saturated heterocycles. The molecule has 0 unspecified atom stereocenters. The number of hydrogen-bond donors (Lipinski definition) is 0. The lowest BCUT2D eigenvalue weighted by atomic mass is 10.5. The maximum absolute atomic E-state index is 5.99. The second-order valence-corrected chi connectivity index (χ2v) is 7.32. The normalized spacial score (nSPS) is 12.0. The maximum atomic E-state index is 5.99. The van der Waals surface area contributed by atoms with Gasteiger partial charge in [-0.25, -0.2) is 0 Å². The first-order chi connectivity index (χ1) is 6.74. The van der Waals surface area contributed by atoms with Crippen molar-refractivity contribution in [1.82, 2.24) is 0 Å². The van der Waals surface area contributed by atoms with Gasteiger partial charge in [-0.3, -0.25) is 0 Å². The van der Waals surface area contributed by atoms with Gasteiger partial charge in [-0.05, 0) is 24.9 Å². The summed E-state index contributed by atoms with van der Waals surface area (Å²) in [4.78, 5) is 0. The molecule has 0 saturated carbocycles. The average Bonchev–Trinajstić information content (AvgIpc) is 2.22. The topological polar surface area (TPSA) is 18.5 Å². The molecule has 0 N–H and O–H groups in total. The van der Waals surface area contributed by atoms with Gasteiger partial charge in [0.15, 0.2) is 0 Å². The van der Waals surface area contributed by atoms with E-state index in [0.29, 0.717) is 0 Å². The van der Waals surface area contributed by atoms with Crippen LogP contribution in [0.15, 0.2) is 0 Å². The molecule has 0 rings (SSSR count). The summed E-state index contributed by atoms with van der Waals surface area (Å²) < 4.78 is 12.0. The van der Waals surface area contributed by atoms with E-state index in [-0.39, 0.29) is 0 Å². The van der Waals surface area contributed by atoms with E-state index in [2.05, 4.69) is 27.7 Å². The fourth-order valence-corrected chi connectivity index (χ4v) is 4.57. The summed E-state index contributed by atoms with van der Waals surface area (Å²) in [6.45, 7) is 10.4. The minimum absolute atomic E-state index is 0.865. The zero-order valence-electron chi connectivity index (χ0n) is 10.3. The quantitative estimate of drug-likeness (QED) is 0.549. The van der Waals surface area contributed by atoms with Gasteiger partial charge in [-0.1, -0.05) is 34.1 Å². The van der Waals surface area contributed by atoms with Crippen LogP contribution in [0.2, 0.25) is 12.1 Å². The highest BCUT2D eigenvalue weighted by Crippen LogP contribution is 2.21. The fourth-order valence-electron chi connectivity index (χ4n) is 1.52. The van der Waals surface area contributed by atoms with Crippen molar-refractivity contribution in [2.75, 3.05) is 13.2 Å². The molecular weight excluding hydrogens is 192 g/mol. The SMILES string of the molecule is CCCO[Si](CC)(CCC)OCCC. The molecule has 0 radical (unpaired) electrons. The van der Waals surface area contributed by atoms with E-state index in [1.54, 1.807) is 0 Å². The number of hydrogen-bond acceptors (Lipinski definition) is 2. The Bertz CT molecular complexity index is 120. The van der Waals surface area contributed by atoms with Gasteiger partial charge >= 0.3 is 8.56 Å². The van der Waals surface area contributed by atoms with Gasteiger partial charge in [0.05, 0.1) is 0 Å².